The number of rotatable bonds is 5. The summed E-state index contributed by atoms with van der Waals surface area (Å²) < 4.78 is 33.0. The highest BCUT2D eigenvalue weighted by Gasteiger charge is 2.25. The third kappa shape index (κ3) is 4.27. The number of amides is 1. The Labute approximate surface area is 171 Å². The first-order chi connectivity index (χ1) is 14.0. The summed E-state index contributed by atoms with van der Waals surface area (Å²) in [5, 5.41) is 3.99. The molecule has 0 aliphatic carbocycles. The number of ether oxygens (including phenoxy) is 1. The van der Waals surface area contributed by atoms with Gasteiger partial charge in [-0.25, -0.2) is 8.78 Å². The highest BCUT2D eigenvalue weighted by atomic mass is 35.5. The molecule has 1 unspecified atom stereocenters. The largest absolute Gasteiger partial charge is 0.379 e. The van der Waals surface area contributed by atoms with Gasteiger partial charge in [0.2, 0.25) is 0 Å². The van der Waals surface area contributed by atoms with E-state index < -0.39 is 11.6 Å². The summed E-state index contributed by atoms with van der Waals surface area (Å²) in [5.41, 5.74) is 1.66. The average Bonchev–Trinajstić information content (AvgIpc) is 3.18. The van der Waals surface area contributed by atoms with Gasteiger partial charge in [0, 0.05) is 42.8 Å². The average molecular weight is 420 g/mol. The van der Waals surface area contributed by atoms with Crippen molar-refractivity contribution in [3.63, 3.8) is 0 Å². The SMILES string of the molecule is O=C(NCC(c1cc(F)cc(F)c1)N1CCOCC1)c1ccc2[nH]ccc2c1Cl. The molecule has 1 amide bonds. The minimum Gasteiger partial charge on any atom is -0.379 e. The minimum atomic E-state index is -0.648. The third-order valence-corrected chi connectivity index (χ3v) is 5.53. The topological polar surface area (TPSA) is 57.4 Å². The number of halogens is 3. The molecular formula is C21H20ClF2N3O2. The van der Waals surface area contributed by atoms with Crippen LogP contribution in [-0.2, 0) is 4.74 Å². The number of hydrogen-bond donors (Lipinski definition) is 2. The van der Waals surface area contributed by atoms with Crippen molar-refractivity contribution in [2.24, 2.45) is 0 Å². The third-order valence-electron chi connectivity index (χ3n) is 5.13. The molecule has 1 aliphatic heterocycles. The number of aromatic amines is 1. The molecule has 1 aliphatic rings. The maximum absolute atomic E-state index is 13.8. The Kier molecular flexibility index (Phi) is 5.80. The van der Waals surface area contributed by atoms with Crippen LogP contribution in [0.15, 0.2) is 42.6 Å². The molecular weight excluding hydrogens is 400 g/mol. The number of benzene rings is 2. The fraction of sp³-hybridized carbons (Fsp3) is 0.286. The van der Waals surface area contributed by atoms with Gasteiger partial charge in [0.1, 0.15) is 11.6 Å². The zero-order valence-corrected chi connectivity index (χ0v) is 16.3. The molecule has 3 aromatic rings. The number of nitrogens with zero attached hydrogens (tertiary/aromatic N) is 1. The Hall–Kier alpha value is -2.48. The van der Waals surface area contributed by atoms with E-state index >= 15 is 0 Å². The van der Waals surface area contributed by atoms with Crippen molar-refractivity contribution in [2.75, 3.05) is 32.8 Å². The van der Waals surface area contributed by atoms with Crippen LogP contribution in [0, 0.1) is 11.6 Å². The van der Waals surface area contributed by atoms with E-state index in [0.717, 1.165) is 17.0 Å². The van der Waals surface area contributed by atoms with Crippen LogP contribution in [0.2, 0.25) is 5.02 Å². The monoisotopic (exact) mass is 419 g/mol. The van der Waals surface area contributed by atoms with Gasteiger partial charge in [0.25, 0.3) is 5.91 Å². The van der Waals surface area contributed by atoms with Crippen molar-refractivity contribution in [2.45, 2.75) is 6.04 Å². The lowest BCUT2D eigenvalue weighted by Crippen LogP contribution is -2.44. The van der Waals surface area contributed by atoms with Crippen LogP contribution >= 0.6 is 11.6 Å². The number of H-pyrrole nitrogens is 1. The highest BCUT2D eigenvalue weighted by molar-refractivity contribution is 6.38. The summed E-state index contributed by atoms with van der Waals surface area (Å²) in [4.78, 5) is 17.9. The molecule has 2 heterocycles. The van der Waals surface area contributed by atoms with Crippen LogP contribution in [0.4, 0.5) is 8.78 Å². The van der Waals surface area contributed by atoms with E-state index in [9.17, 15) is 13.6 Å². The summed E-state index contributed by atoms with van der Waals surface area (Å²) in [6.07, 6.45) is 1.76. The Bertz CT molecular complexity index is 1010. The van der Waals surface area contributed by atoms with E-state index in [0.29, 0.717) is 42.5 Å². The minimum absolute atomic E-state index is 0.184. The number of nitrogens with one attached hydrogen (secondary N) is 2. The zero-order valence-electron chi connectivity index (χ0n) is 15.6. The van der Waals surface area contributed by atoms with Crippen LogP contribution in [-0.4, -0.2) is 48.6 Å². The van der Waals surface area contributed by atoms with Crippen molar-refractivity contribution < 1.29 is 18.3 Å². The van der Waals surface area contributed by atoms with Crippen LogP contribution in [0.3, 0.4) is 0 Å². The Morgan fingerprint density at radius 3 is 2.62 bits per heavy atom. The van der Waals surface area contributed by atoms with Crippen molar-refractivity contribution in [1.82, 2.24) is 15.2 Å². The number of aromatic nitrogens is 1. The lowest BCUT2D eigenvalue weighted by molar-refractivity contribution is 0.0161. The van der Waals surface area contributed by atoms with Gasteiger partial charge in [-0.3, -0.25) is 9.69 Å². The van der Waals surface area contributed by atoms with Gasteiger partial charge in [0.05, 0.1) is 29.8 Å². The van der Waals surface area contributed by atoms with Gasteiger partial charge in [-0.05, 0) is 35.9 Å². The predicted molar refractivity (Wildman–Crippen MR) is 107 cm³/mol. The Balaban J connectivity index is 1.56. The molecule has 0 saturated carbocycles. The molecule has 1 fully saturated rings. The number of fused-ring (bicyclic) bond motifs is 1. The van der Waals surface area contributed by atoms with E-state index in [1.54, 1.807) is 24.4 Å². The van der Waals surface area contributed by atoms with Crippen molar-refractivity contribution in [3.8, 4) is 0 Å². The Morgan fingerprint density at radius 1 is 1.17 bits per heavy atom. The molecule has 5 nitrogen and oxygen atoms in total. The van der Waals surface area contributed by atoms with Crippen LogP contribution < -0.4 is 5.32 Å². The molecule has 29 heavy (non-hydrogen) atoms. The van der Waals surface area contributed by atoms with E-state index in [-0.39, 0.29) is 18.5 Å². The maximum atomic E-state index is 13.8. The molecule has 1 atom stereocenters. The summed E-state index contributed by atoms with van der Waals surface area (Å²) in [7, 11) is 0. The van der Waals surface area contributed by atoms with Gasteiger partial charge < -0.3 is 15.0 Å². The molecule has 152 valence electrons. The standard InChI is InChI=1S/C21H20ClF2N3O2/c22-20-16-3-4-25-18(16)2-1-17(20)21(28)26-12-19(27-5-7-29-8-6-27)13-9-14(23)11-15(24)10-13/h1-4,9-11,19,25H,5-8,12H2,(H,26,28). The summed E-state index contributed by atoms with van der Waals surface area (Å²) >= 11 is 6.39. The molecule has 2 aromatic carbocycles. The highest BCUT2D eigenvalue weighted by Crippen LogP contribution is 2.27. The number of carbonyl (C=O) groups excluding carboxylic acids is 1. The van der Waals surface area contributed by atoms with Crippen LogP contribution in [0.5, 0.6) is 0 Å². The first kappa shape index (κ1) is 19.8. The molecule has 0 radical (unpaired) electrons. The fourth-order valence-corrected chi connectivity index (χ4v) is 3.98. The molecule has 1 saturated heterocycles. The van der Waals surface area contributed by atoms with Crippen molar-refractivity contribution in [1.29, 1.82) is 0 Å². The lowest BCUT2D eigenvalue weighted by atomic mass is 10.0. The number of morpholine rings is 1. The fourth-order valence-electron chi connectivity index (χ4n) is 3.67. The van der Waals surface area contributed by atoms with Gasteiger partial charge >= 0.3 is 0 Å². The van der Waals surface area contributed by atoms with E-state index in [4.69, 9.17) is 16.3 Å². The first-order valence-corrected chi connectivity index (χ1v) is 9.72. The van der Waals surface area contributed by atoms with Crippen LogP contribution in [0.25, 0.3) is 10.9 Å². The van der Waals surface area contributed by atoms with Gasteiger partial charge in [-0.1, -0.05) is 11.6 Å². The molecule has 0 bridgehead atoms. The second-order valence-corrected chi connectivity index (χ2v) is 7.32. The number of carbonyl (C=O) groups is 1. The van der Waals surface area contributed by atoms with E-state index in [1.165, 1.54) is 12.1 Å². The van der Waals surface area contributed by atoms with Crippen molar-refractivity contribution >= 4 is 28.4 Å². The van der Waals surface area contributed by atoms with Gasteiger partial charge in [-0.2, -0.15) is 0 Å². The molecule has 0 spiro atoms. The quantitative estimate of drug-likeness (QED) is 0.659. The Morgan fingerprint density at radius 2 is 1.90 bits per heavy atom. The van der Waals surface area contributed by atoms with E-state index in [2.05, 4.69) is 15.2 Å². The lowest BCUT2D eigenvalue weighted by Gasteiger charge is -2.35. The normalized spacial score (nSPS) is 16.1. The molecule has 8 heteroatoms. The van der Waals surface area contributed by atoms with Crippen molar-refractivity contribution in [3.05, 3.63) is 70.4 Å². The first-order valence-electron chi connectivity index (χ1n) is 9.34. The van der Waals surface area contributed by atoms with Gasteiger partial charge in [-0.15, -0.1) is 0 Å². The van der Waals surface area contributed by atoms with Crippen LogP contribution in [0.1, 0.15) is 22.0 Å². The summed E-state index contributed by atoms with van der Waals surface area (Å²) in [6.45, 7) is 2.45. The molecule has 4 rings (SSSR count). The van der Waals surface area contributed by atoms with Gasteiger partial charge in [0.15, 0.2) is 0 Å². The summed E-state index contributed by atoms with van der Waals surface area (Å²) in [5.74, 6) is -1.63. The molecule has 2 N–H and O–H groups in total. The number of hydrogen-bond acceptors (Lipinski definition) is 3. The predicted octanol–water partition coefficient (Wildman–Crippen LogP) is 3.90. The second-order valence-electron chi connectivity index (χ2n) is 6.94. The molecule has 1 aromatic heterocycles. The maximum Gasteiger partial charge on any atom is 0.252 e. The zero-order chi connectivity index (χ0) is 20.4. The summed E-state index contributed by atoms with van der Waals surface area (Å²) in [6, 6.07) is 8.30. The smallest absolute Gasteiger partial charge is 0.252 e. The van der Waals surface area contributed by atoms with E-state index in [1.807, 2.05) is 0 Å². The second kappa shape index (κ2) is 8.49.